The van der Waals surface area contributed by atoms with Crippen molar-refractivity contribution in [1.82, 2.24) is 4.98 Å². The molecule has 2 nitrogen and oxygen atoms in total. The van der Waals surface area contributed by atoms with Crippen molar-refractivity contribution in [1.29, 1.82) is 0 Å². The molecule has 0 atom stereocenters. The first-order valence-corrected chi connectivity index (χ1v) is 8.31. The maximum absolute atomic E-state index is 15.0. The average molecular weight is 357 g/mol. The Morgan fingerprint density at radius 2 is 1.80 bits per heavy atom. The lowest BCUT2D eigenvalue weighted by molar-refractivity contribution is -0.0680. The van der Waals surface area contributed by atoms with Gasteiger partial charge >= 0.3 is 0 Å². The van der Waals surface area contributed by atoms with Gasteiger partial charge in [-0.25, -0.2) is 0 Å². The second-order valence-electron chi connectivity index (χ2n) is 6.67. The number of hydrogen-bond donors (Lipinski definition) is 0. The first kappa shape index (κ1) is 16.2. The fourth-order valence-corrected chi connectivity index (χ4v) is 3.49. The lowest BCUT2D eigenvalue weighted by Gasteiger charge is -2.37. The van der Waals surface area contributed by atoms with E-state index < -0.39 is 11.5 Å². The zero-order valence-electron chi connectivity index (χ0n) is 13.7. The van der Waals surface area contributed by atoms with Crippen LogP contribution in [0, 0.1) is 0 Å². The van der Waals surface area contributed by atoms with Crippen LogP contribution in [0.15, 0.2) is 59.7 Å². The maximum atomic E-state index is 15.0. The van der Waals surface area contributed by atoms with E-state index in [9.17, 15) is 8.78 Å². The molecule has 0 amide bonds. The molecule has 0 radical (unpaired) electrons. The molecular weight excluding hydrogens is 342 g/mol. The number of benzene rings is 2. The van der Waals surface area contributed by atoms with Crippen molar-refractivity contribution in [3.8, 4) is 0 Å². The van der Waals surface area contributed by atoms with Gasteiger partial charge in [-0.2, -0.15) is 8.78 Å². The van der Waals surface area contributed by atoms with Crippen LogP contribution in [-0.4, -0.2) is 16.2 Å². The van der Waals surface area contributed by atoms with Crippen molar-refractivity contribution in [3.63, 3.8) is 0 Å². The molecule has 0 spiro atoms. The molecule has 2 aromatic carbocycles. The van der Waals surface area contributed by atoms with Gasteiger partial charge in [-0.05, 0) is 38.1 Å². The Balaban J connectivity index is 2.00. The Morgan fingerprint density at radius 1 is 1.00 bits per heavy atom. The molecule has 1 aliphatic heterocycles. The van der Waals surface area contributed by atoms with Gasteiger partial charge in [0.05, 0.1) is 21.8 Å². The number of nitrogens with zero attached hydrogens (tertiary/aromatic N) is 2. The summed E-state index contributed by atoms with van der Waals surface area (Å²) in [6.45, 7) is 2.86. The maximum Gasteiger partial charge on any atom is 0.299 e. The Bertz CT molecular complexity index is 1030. The summed E-state index contributed by atoms with van der Waals surface area (Å²) in [5.41, 5.74) is 0.771. The predicted molar refractivity (Wildman–Crippen MR) is 96.8 cm³/mol. The first-order chi connectivity index (χ1) is 11.8. The standard InChI is InChI=1S/C20H15ClF2N2/c1-19(2)20(22,23)17-14(6-3-7-15(17)21)18(25-19)13-8-9-16-12(11-13)5-4-10-24-16/h3-11H,1-2H3. The second kappa shape index (κ2) is 5.33. The minimum absolute atomic E-state index is 0.0606. The van der Waals surface area contributed by atoms with E-state index in [2.05, 4.69) is 9.98 Å². The van der Waals surface area contributed by atoms with Gasteiger partial charge in [-0.15, -0.1) is 0 Å². The highest BCUT2D eigenvalue weighted by atomic mass is 35.5. The number of alkyl halides is 2. The Morgan fingerprint density at radius 3 is 2.60 bits per heavy atom. The van der Waals surface area contributed by atoms with E-state index >= 15 is 0 Å². The van der Waals surface area contributed by atoms with Crippen LogP contribution in [-0.2, 0) is 5.92 Å². The summed E-state index contributed by atoms with van der Waals surface area (Å²) in [5.74, 6) is -3.15. The molecular formula is C20H15ClF2N2. The molecule has 1 aliphatic rings. The fourth-order valence-electron chi connectivity index (χ4n) is 3.20. The van der Waals surface area contributed by atoms with E-state index in [1.54, 1.807) is 18.3 Å². The zero-order valence-corrected chi connectivity index (χ0v) is 14.5. The van der Waals surface area contributed by atoms with Crippen LogP contribution in [0.1, 0.15) is 30.5 Å². The minimum Gasteiger partial charge on any atom is -0.271 e. The summed E-state index contributed by atoms with van der Waals surface area (Å²) in [5, 5.41) is 0.992. The third kappa shape index (κ3) is 2.35. The van der Waals surface area contributed by atoms with E-state index in [1.165, 1.54) is 19.9 Å². The molecule has 0 bridgehead atoms. The molecule has 4 rings (SSSR count). The van der Waals surface area contributed by atoms with Gasteiger partial charge in [0.25, 0.3) is 5.92 Å². The van der Waals surface area contributed by atoms with Crippen LogP contribution in [0.25, 0.3) is 10.9 Å². The van der Waals surface area contributed by atoms with Crippen molar-refractivity contribution in [3.05, 3.63) is 76.4 Å². The number of aliphatic imine (C=N–C) groups is 1. The third-order valence-corrected chi connectivity index (χ3v) is 4.93. The van der Waals surface area contributed by atoms with Gasteiger partial charge < -0.3 is 0 Å². The van der Waals surface area contributed by atoms with Gasteiger partial charge in [0.2, 0.25) is 0 Å². The smallest absolute Gasteiger partial charge is 0.271 e. The van der Waals surface area contributed by atoms with E-state index in [0.29, 0.717) is 11.3 Å². The number of hydrogen-bond acceptors (Lipinski definition) is 2. The highest BCUT2D eigenvalue weighted by molar-refractivity contribution is 6.32. The number of rotatable bonds is 1. The van der Waals surface area contributed by atoms with E-state index in [0.717, 1.165) is 16.5 Å². The molecule has 25 heavy (non-hydrogen) atoms. The van der Waals surface area contributed by atoms with Crippen LogP contribution >= 0.6 is 11.6 Å². The molecule has 3 aromatic rings. The number of pyridine rings is 1. The molecule has 5 heteroatoms. The lowest BCUT2D eigenvalue weighted by atomic mass is 9.81. The summed E-state index contributed by atoms with van der Waals surface area (Å²) in [7, 11) is 0. The van der Waals surface area contributed by atoms with Crippen molar-refractivity contribution in [2.45, 2.75) is 25.3 Å². The molecule has 0 unspecified atom stereocenters. The number of aromatic nitrogens is 1. The Labute approximate surface area is 149 Å². The third-order valence-electron chi connectivity index (χ3n) is 4.62. The van der Waals surface area contributed by atoms with Crippen LogP contribution in [0.5, 0.6) is 0 Å². The molecule has 1 aromatic heterocycles. The van der Waals surface area contributed by atoms with Gasteiger partial charge in [-0.1, -0.05) is 35.9 Å². The number of fused-ring (bicyclic) bond motifs is 2. The lowest BCUT2D eigenvalue weighted by Crippen LogP contribution is -2.44. The van der Waals surface area contributed by atoms with Crippen LogP contribution in [0.2, 0.25) is 5.02 Å². The van der Waals surface area contributed by atoms with E-state index in [-0.39, 0.29) is 10.6 Å². The summed E-state index contributed by atoms with van der Waals surface area (Å²) in [6, 6.07) is 14.3. The quantitative estimate of drug-likeness (QED) is 0.556. The summed E-state index contributed by atoms with van der Waals surface area (Å²) in [6.07, 6.45) is 1.72. The average Bonchev–Trinajstić information content (AvgIpc) is 2.58. The minimum atomic E-state index is -3.15. The summed E-state index contributed by atoms with van der Waals surface area (Å²) < 4.78 is 30.0. The molecule has 0 fully saturated rings. The number of halogens is 3. The molecule has 0 saturated heterocycles. The largest absolute Gasteiger partial charge is 0.299 e. The molecule has 0 saturated carbocycles. The zero-order chi connectivity index (χ0) is 17.8. The normalized spacial score (nSPS) is 17.9. The predicted octanol–water partition coefficient (Wildman–Crippen LogP) is 5.61. The van der Waals surface area contributed by atoms with Crippen LogP contribution < -0.4 is 0 Å². The van der Waals surface area contributed by atoms with E-state index in [4.69, 9.17) is 11.6 Å². The second-order valence-corrected chi connectivity index (χ2v) is 7.07. The highest BCUT2D eigenvalue weighted by Gasteiger charge is 2.53. The van der Waals surface area contributed by atoms with Gasteiger partial charge in [0.15, 0.2) is 0 Å². The topological polar surface area (TPSA) is 25.2 Å². The molecule has 2 heterocycles. The van der Waals surface area contributed by atoms with E-state index in [1.807, 2.05) is 30.3 Å². The molecule has 126 valence electrons. The first-order valence-electron chi connectivity index (χ1n) is 7.93. The van der Waals surface area contributed by atoms with Crippen LogP contribution in [0.3, 0.4) is 0 Å². The van der Waals surface area contributed by atoms with Gasteiger partial charge in [0, 0.05) is 22.7 Å². The summed E-state index contributed by atoms with van der Waals surface area (Å²) >= 11 is 6.16. The Kier molecular flexibility index (Phi) is 3.45. The van der Waals surface area contributed by atoms with Crippen LogP contribution in [0.4, 0.5) is 8.78 Å². The van der Waals surface area contributed by atoms with Crippen molar-refractivity contribution in [2.75, 3.05) is 0 Å². The van der Waals surface area contributed by atoms with Crippen molar-refractivity contribution in [2.24, 2.45) is 4.99 Å². The summed E-state index contributed by atoms with van der Waals surface area (Å²) in [4.78, 5) is 8.71. The van der Waals surface area contributed by atoms with Gasteiger partial charge in [0.1, 0.15) is 5.54 Å². The Hall–Kier alpha value is -2.33. The SMILES string of the molecule is CC1(C)N=C(c2ccc3ncccc3c2)c2cccc(Cl)c2C1(F)F. The fraction of sp³-hybridized carbons (Fsp3) is 0.200. The molecule has 0 aliphatic carbocycles. The van der Waals surface area contributed by atoms with Crippen molar-refractivity contribution < 1.29 is 8.78 Å². The monoisotopic (exact) mass is 356 g/mol. The highest BCUT2D eigenvalue weighted by Crippen LogP contribution is 2.49. The van der Waals surface area contributed by atoms with Crippen molar-refractivity contribution >= 4 is 28.2 Å². The van der Waals surface area contributed by atoms with Gasteiger partial charge in [-0.3, -0.25) is 9.98 Å². The molecule has 0 N–H and O–H groups in total.